The Balaban J connectivity index is 2.71. The van der Waals surface area contributed by atoms with Gasteiger partial charge in [0, 0.05) is 11.6 Å². The van der Waals surface area contributed by atoms with Gasteiger partial charge in [-0.2, -0.15) is 0 Å². The molecular formula is C13H20ClNO3S. The topological polar surface area (TPSA) is 66.4 Å². The second kappa shape index (κ2) is 7.24. The molecule has 0 aromatic heterocycles. The van der Waals surface area contributed by atoms with Crippen LogP contribution in [0.5, 0.6) is 0 Å². The largest absolute Gasteiger partial charge is 0.391 e. The molecule has 0 aliphatic rings. The molecule has 0 aliphatic carbocycles. The molecule has 6 heteroatoms. The van der Waals surface area contributed by atoms with Gasteiger partial charge in [0.15, 0.2) is 0 Å². The average Bonchev–Trinajstić information content (AvgIpc) is 2.38. The van der Waals surface area contributed by atoms with E-state index in [2.05, 4.69) is 4.72 Å². The molecule has 108 valence electrons. The highest BCUT2D eigenvalue weighted by molar-refractivity contribution is 7.89. The number of benzene rings is 1. The Morgan fingerprint density at radius 3 is 2.47 bits per heavy atom. The number of hydrogen-bond donors (Lipinski definition) is 2. The smallest absolute Gasteiger partial charge is 0.240 e. The fourth-order valence-corrected chi connectivity index (χ4v) is 3.26. The molecule has 0 spiro atoms. The van der Waals surface area contributed by atoms with E-state index in [1.54, 1.807) is 12.1 Å². The number of halogens is 1. The van der Waals surface area contributed by atoms with Crippen LogP contribution in [-0.2, 0) is 10.0 Å². The van der Waals surface area contributed by atoms with Gasteiger partial charge >= 0.3 is 0 Å². The predicted molar refractivity (Wildman–Crippen MR) is 76.7 cm³/mol. The molecular weight excluding hydrogens is 286 g/mol. The second-order valence-corrected chi connectivity index (χ2v) is 6.66. The van der Waals surface area contributed by atoms with E-state index in [4.69, 9.17) is 11.6 Å². The van der Waals surface area contributed by atoms with E-state index in [1.807, 2.05) is 13.8 Å². The van der Waals surface area contributed by atoms with Crippen molar-refractivity contribution in [1.82, 2.24) is 4.72 Å². The highest BCUT2D eigenvalue weighted by Crippen LogP contribution is 2.16. The Kier molecular flexibility index (Phi) is 6.26. The summed E-state index contributed by atoms with van der Waals surface area (Å²) in [7, 11) is -3.62. The van der Waals surface area contributed by atoms with Gasteiger partial charge in [-0.05, 0) is 24.1 Å². The molecule has 19 heavy (non-hydrogen) atoms. The zero-order valence-corrected chi connectivity index (χ0v) is 12.7. The van der Waals surface area contributed by atoms with Crippen LogP contribution in [-0.4, -0.2) is 26.2 Å². The average molecular weight is 306 g/mol. The number of aliphatic hydroxyl groups excluding tert-OH is 1. The molecule has 0 radical (unpaired) electrons. The van der Waals surface area contributed by atoms with Gasteiger partial charge in [-0.1, -0.05) is 44.4 Å². The standard InChI is InChI=1S/C13H20ClNO3S/c1-3-10(4-2)13(16)9-15-19(17,18)12-7-5-6-11(14)8-12/h5-8,10,13,15-16H,3-4,9H2,1-2H3. The summed E-state index contributed by atoms with van der Waals surface area (Å²) in [6, 6.07) is 6.04. The number of nitrogens with one attached hydrogen (secondary N) is 1. The van der Waals surface area contributed by atoms with Crippen LogP contribution >= 0.6 is 11.6 Å². The van der Waals surface area contributed by atoms with Gasteiger partial charge in [0.2, 0.25) is 10.0 Å². The third-order valence-corrected chi connectivity index (χ3v) is 4.84. The van der Waals surface area contributed by atoms with E-state index >= 15 is 0 Å². The van der Waals surface area contributed by atoms with Crippen molar-refractivity contribution in [3.05, 3.63) is 29.3 Å². The summed E-state index contributed by atoms with van der Waals surface area (Å²) in [5.41, 5.74) is 0. The van der Waals surface area contributed by atoms with E-state index in [0.717, 1.165) is 12.8 Å². The third-order valence-electron chi connectivity index (χ3n) is 3.18. The molecule has 0 fully saturated rings. The van der Waals surface area contributed by atoms with Crippen molar-refractivity contribution in [3.8, 4) is 0 Å². The first kappa shape index (κ1) is 16.4. The van der Waals surface area contributed by atoms with Crippen LogP contribution in [0.1, 0.15) is 26.7 Å². The van der Waals surface area contributed by atoms with Crippen molar-refractivity contribution in [2.45, 2.75) is 37.7 Å². The molecule has 0 saturated heterocycles. The molecule has 2 N–H and O–H groups in total. The molecule has 1 rings (SSSR count). The van der Waals surface area contributed by atoms with Crippen LogP contribution in [0.15, 0.2) is 29.2 Å². The highest BCUT2D eigenvalue weighted by Gasteiger charge is 2.20. The van der Waals surface area contributed by atoms with E-state index in [1.165, 1.54) is 12.1 Å². The van der Waals surface area contributed by atoms with Crippen LogP contribution in [0.2, 0.25) is 5.02 Å². The Labute approximate surface area is 119 Å². The Morgan fingerprint density at radius 1 is 1.32 bits per heavy atom. The Morgan fingerprint density at radius 2 is 1.95 bits per heavy atom. The fourth-order valence-electron chi connectivity index (χ4n) is 1.91. The van der Waals surface area contributed by atoms with Gasteiger partial charge < -0.3 is 5.11 Å². The number of rotatable bonds is 7. The Hall–Kier alpha value is -0.620. The lowest BCUT2D eigenvalue weighted by Gasteiger charge is -2.20. The summed E-state index contributed by atoms with van der Waals surface area (Å²) in [4.78, 5) is 0.108. The van der Waals surface area contributed by atoms with Gasteiger partial charge in [0.1, 0.15) is 0 Å². The molecule has 0 aliphatic heterocycles. The minimum absolute atomic E-state index is 0.0151. The van der Waals surface area contributed by atoms with Gasteiger partial charge in [0.05, 0.1) is 11.0 Å². The van der Waals surface area contributed by atoms with E-state index in [-0.39, 0.29) is 17.4 Å². The second-order valence-electron chi connectivity index (χ2n) is 4.45. The molecule has 0 bridgehead atoms. The summed E-state index contributed by atoms with van der Waals surface area (Å²) in [5, 5.41) is 10.3. The van der Waals surface area contributed by atoms with Gasteiger partial charge in [-0.15, -0.1) is 0 Å². The summed E-state index contributed by atoms with van der Waals surface area (Å²) in [6.45, 7) is 3.97. The number of sulfonamides is 1. The lowest BCUT2D eigenvalue weighted by atomic mass is 9.97. The van der Waals surface area contributed by atoms with Crippen LogP contribution in [0, 0.1) is 5.92 Å². The SMILES string of the molecule is CCC(CC)C(O)CNS(=O)(=O)c1cccc(Cl)c1. The molecule has 1 aromatic carbocycles. The molecule has 1 aromatic rings. The third kappa shape index (κ3) is 4.76. The van der Waals surface area contributed by atoms with Gasteiger partial charge in [-0.3, -0.25) is 0 Å². The predicted octanol–water partition coefficient (Wildman–Crippen LogP) is 2.42. The maximum Gasteiger partial charge on any atom is 0.240 e. The van der Waals surface area contributed by atoms with Crippen LogP contribution in [0.25, 0.3) is 0 Å². The quantitative estimate of drug-likeness (QED) is 0.813. The molecule has 1 unspecified atom stereocenters. The van der Waals surface area contributed by atoms with Crippen molar-refractivity contribution >= 4 is 21.6 Å². The normalized spacial score (nSPS) is 13.7. The summed E-state index contributed by atoms with van der Waals surface area (Å²) >= 11 is 5.77. The molecule has 0 amide bonds. The first-order valence-corrected chi connectivity index (χ1v) is 8.20. The Bertz CT molecular complexity index is 500. The van der Waals surface area contributed by atoms with Crippen LogP contribution in [0.4, 0.5) is 0 Å². The lowest BCUT2D eigenvalue weighted by Crippen LogP contribution is -2.36. The van der Waals surface area contributed by atoms with Crippen LogP contribution < -0.4 is 4.72 Å². The summed E-state index contributed by atoms with van der Waals surface area (Å²) in [6.07, 6.45) is 0.955. The summed E-state index contributed by atoms with van der Waals surface area (Å²) in [5.74, 6) is 0.0991. The van der Waals surface area contributed by atoms with Crippen LogP contribution in [0.3, 0.4) is 0 Å². The zero-order valence-electron chi connectivity index (χ0n) is 11.1. The van der Waals surface area contributed by atoms with Crippen molar-refractivity contribution in [1.29, 1.82) is 0 Å². The molecule has 0 heterocycles. The molecule has 4 nitrogen and oxygen atoms in total. The highest BCUT2D eigenvalue weighted by atomic mass is 35.5. The minimum Gasteiger partial charge on any atom is -0.391 e. The molecule has 0 saturated carbocycles. The minimum atomic E-state index is -3.62. The monoisotopic (exact) mass is 305 g/mol. The van der Waals surface area contributed by atoms with Crippen molar-refractivity contribution in [3.63, 3.8) is 0 Å². The van der Waals surface area contributed by atoms with E-state index < -0.39 is 16.1 Å². The van der Waals surface area contributed by atoms with Gasteiger partial charge in [-0.25, -0.2) is 13.1 Å². The number of hydrogen-bond acceptors (Lipinski definition) is 3. The lowest BCUT2D eigenvalue weighted by molar-refractivity contribution is 0.107. The summed E-state index contributed by atoms with van der Waals surface area (Å²) < 4.78 is 26.4. The number of aliphatic hydroxyl groups is 1. The molecule has 1 atom stereocenters. The first-order chi connectivity index (χ1) is 8.90. The first-order valence-electron chi connectivity index (χ1n) is 6.34. The van der Waals surface area contributed by atoms with Gasteiger partial charge in [0.25, 0.3) is 0 Å². The van der Waals surface area contributed by atoms with E-state index in [9.17, 15) is 13.5 Å². The van der Waals surface area contributed by atoms with Crippen molar-refractivity contribution in [2.75, 3.05) is 6.54 Å². The maximum atomic E-state index is 12.0. The fraction of sp³-hybridized carbons (Fsp3) is 0.538. The van der Waals surface area contributed by atoms with E-state index in [0.29, 0.717) is 5.02 Å². The zero-order chi connectivity index (χ0) is 14.5. The van der Waals surface area contributed by atoms with Crippen molar-refractivity contribution < 1.29 is 13.5 Å². The van der Waals surface area contributed by atoms with Crippen molar-refractivity contribution in [2.24, 2.45) is 5.92 Å². The maximum absolute atomic E-state index is 12.0.